The third-order valence-corrected chi connectivity index (χ3v) is 8.24. The number of nitrogens with zero attached hydrogens (tertiary/aromatic N) is 1. The number of halogens is 1. The maximum atomic E-state index is 13.7. The van der Waals surface area contributed by atoms with Crippen molar-refractivity contribution in [2.75, 3.05) is 19.9 Å². The van der Waals surface area contributed by atoms with Gasteiger partial charge in [0.15, 0.2) is 0 Å². The van der Waals surface area contributed by atoms with Gasteiger partial charge in [0.2, 0.25) is 17.7 Å². The summed E-state index contributed by atoms with van der Waals surface area (Å²) >= 11 is 0. The first-order chi connectivity index (χ1) is 19.7. The Morgan fingerprint density at radius 1 is 1.22 bits per heavy atom. The standard InChI is InChI=1S/C31H41FN4O5/c1-4-20(3)28(35-26(38)18-41-13-11-32)31(40)34-24-9-8-22-10-12-36-17-23(15-25(37)27(24)29(22)36)30(39)33-16-21-7-5-6-19(2)14-21/h5-7,10,12,14,20,23-24,27-28H,4,8-9,11,13,15-18H2,1-3H3,(H,33,39)(H,34,40)(H,35,38)/t20?,23-,24-,27?,28?/m0/s1. The SMILES string of the molecule is CCC(C)C(NC(=O)COCCF)C(=O)N[C@H]1CCc2ccn3c2C1C(=O)C[C@H](C(=O)NCc1cccc(C)c1)C3. The van der Waals surface area contributed by atoms with Gasteiger partial charge in [-0.2, -0.15) is 0 Å². The Labute approximate surface area is 240 Å². The van der Waals surface area contributed by atoms with Crippen LogP contribution in [0.2, 0.25) is 0 Å². The van der Waals surface area contributed by atoms with E-state index in [-0.39, 0.29) is 43.2 Å². The molecule has 9 nitrogen and oxygen atoms in total. The summed E-state index contributed by atoms with van der Waals surface area (Å²) in [6.07, 6.45) is 3.92. The first-order valence-corrected chi connectivity index (χ1v) is 14.5. The summed E-state index contributed by atoms with van der Waals surface area (Å²) < 4.78 is 19.3. The molecule has 2 aliphatic rings. The molecule has 3 unspecified atom stereocenters. The van der Waals surface area contributed by atoms with Gasteiger partial charge in [-0.25, -0.2) is 4.39 Å². The van der Waals surface area contributed by atoms with Gasteiger partial charge >= 0.3 is 0 Å². The van der Waals surface area contributed by atoms with E-state index in [1.807, 2.05) is 61.9 Å². The van der Waals surface area contributed by atoms with Crippen LogP contribution in [-0.2, 0) is 43.4 Å². The van der Waals surface area contributed by atoms with E-state index < -0.39 is 36.5 Å². The highest BCUT2D eigenvalue weighted by atomic mass is 19.1. The zero-order valence-electron chi connectivity index (χ0n) is 24.1. The number of carbonyl (C=O) groups is 4. The Balaban J connectivity index is 1.47. The van der Waals surface area contributed by atoms with Crippen LogP contribution < -0.4 is 16.0 Å². The number of amides is 3. The zero-order valence-corrected chi connectivity index (χ0v) is 24.1. The van der Waals surface area contributed by atoms with Crippen LogP contribution in [0.15, 0.2) is 36.5 Å². The van der Waals surface area contributed by atoms with Crippen LogP contribution in [-0.4, -0.2) is 60.0 Å². The fourth-order valence-electron chi connectivity index (χ4n) is 5.89. The summed E-state index contributed by atoms with van der Waals surface area (Å²) in [5.74, 6) is -2.38. The van der Waals surface area contributed by atoms with Gasteiger partial charge in [-0.05, 0) is 42.9 Å². The lowest BCUT2D eigenvalue weighted by atomic mass is 9.79. The Morgan fingerprint density at radius 3 is 2.76 bits per heavy atom. The normalized spacial score (nSPS) is 21.3. The topological polar surface area (TPSA) is 119 Å². The number of hydrogen-bond donors (Lipinski definition) is 3. The molecule has 0 spiro atoms. The highest BCUT2D eigenvalue weighted by Crippen LogP contribution is 2.38. The number of carbonyl (C=O) groups excluding carboxylic acids is 4. The molecule has 2 aromatic rings. The second-order valence-electron chi connectivity index (χ2n) is 11.3. The first kappa shape index (κ1) is 30.4. The molecular weight excluding hydrogens is 527 g/mol. The van der Waals surface area contributed by atoms with Crippen molar-refractivity contribution in [3.63, 3.8) is 0 Å². The van der Waals surface area contributed by atoms with E-state index in [4.69, 9.17) is 4.74 Å². The number of nitrogens with one attached hydrogen (secondary N) is 3. The third-order valence-electron chi connectivity index (χ3n) is 8.24. The van der Waals surface area contributed by atoms with E-state index >= 15 is 0 Å². The number of rotatable bonds is 12. The minimum atomic E-state index is -0.823. The average molecular weight is 569 g/mol. The summed E-state index contributed by atoms with van der Waals surface area (Å²) in [7, 11) is 0. The van der Waals surface area contributed by atoms with Crippen LogP contribution in [0.4, 0.5) is 4.39 Å². The summed E-state index contributed by atoms with van der Waals surface area (Å²) in [6, 6.07) is 8.64. The van der Waals surface area contributed by atoms with Gasteiger partial charge in [-0.15, -0.1) is 0 Å². The van der Waals surface area contributed by atoms with Gasteiger partial charge in [0.25, 0.3) is 0 Å². The van der Waals surface area contributed by atoms with Gasteiger partial charge in [0.05, 0.1) is 18.4 Å². The van der Waals surface area contributed by atoms with Crippen molar-refractivity contribution >= 4 is 23.5 Å². The highest BCUT2D eigenvalue weighted by molar-refractivity contribution is 5.93. The van der Waals surface area contributed by atoms with E-state index in [1.165, 1.54) is 0 Å². The van der Waals surface area contributed by atoms with Crippen LogP contribution in [0.3, 0.4) is 0 Å². The molecule has 1 aromatic heterocycles. The molecule has 0 bridgehead atoms. The van der Waals surface area contributed by atoms with Crippen LogP contribution >= 0.6 is 0 Å². The molecule has 1 aliphatic carbocycles. The molecule has 222 valence electrons. The fraction of sp³-hybridized carbons (Fsp3) is 0.548. The molecule has 0 saturated carbocycles. The lowest BCUT2D eigenvalue weighted by molar-refractivity contribution is -0.133. The summed E-state index contributed by atoms with van der Waals surface area (Å²) in [5, 5.41) is 8.79. The van der Waals surface area contributed by atoms with Gasteiger partial charge in [-0.1, -0.05) is 50.1 Å². The number of aryl methyl sites for hydroxylation is 2. The molecule has 1 aromatic carbocycles. The van der Waals surface area contributed by atoms with E-state index in [2.05, 4.69) is 16.0 Å². The minimum absolute atomic E-state index is 0.0758. The van der Waals surface area contributed by atoms with Gasteiger partial charge < -0.3 is 25.3 Å². The molecule has 0 radical (unpaired) electrons. The number of ether oxygens (including phenoxy) is 1. The maximum Gasteiger partial charge on any atom is 0.246 e. The van der Waals surface area contributed by atoms with Crippen molar-refractivity contribution in [1.82, 2.24) is 20.5 Å². The van der Waals surface area contributed by atoms with Crippen LogP contribution in [0.5, 0.6) is 0 Å². The van der Waals surface area contributed by atoms with Gasteiger partial charge in [0.1, 0.15) is 25.1 Å². The van der Waals surface area contributed by atoms with Gasteiger partial charge in [0, 0.05) is 37.4 Å². The third kappa shape index (κ3) is 7.41. The maximum absolute atomic E-state index is 13.7. The first-order valence-electron chi connectivity index (χ1n) is 14.5. The van der Waals surface area contributed by atoms with Gasteiger partial charge in [-0.3, -0.25) is 19.2 Å². The van der Waals surface area contributed by atoms with Crippen molar-refractivity contribution in [1.29, 1.82) is 0 Å². The monoisotopic (exact) mass is 568 g/mol. The molecule has 3 N–H and O–H groups in total. The lowest BCUT2D eigenvalue weighted by Crippen LogP contribution is -2.55. The molecule has 4 rings (SSSR count). The van der Waals surface area contributed by atoms with Crippen molar-refractivity contribution < 1.29 is 28.3 Å². The molecule has 2 heterocycles. The molecule has 10 heteroatoms. The molecule has 1 aliphatic heterocycles. The molecule has 0 fully saturated rings. The zero-order chi connectivity index (χ0) is 29.5. The Bertz CT molecular complexity index is 1260. The van der Waals surface area contributed by atoms with E-state index in [1.54, 1.807) is 0 Å². The number of ketones is 1. The van der Waals surface area contributed by atoms with Crippen LogP contribution in [0.1, 0.15) is 61.4 Å². The molecule has 3 amide bonds. The second-order valence-corrected chi connectivity index (χ2v) is 11.3. The fourth-order valence-corrected chi connectivity index (χ4v) is 5.89. The largest absolute Gasteiger partial charge is 0.369 e. The van der Waals surface area contributed by atoms with E-state index in [0.717, 1.165) is 22.4 Å². The Morgan fingerprint density at radius 2 is 2.02 bits per heavy atom. The van der Waals surface area contributed by atoms with Crippen molar-refractivity contribution in [2.45, 2.75) is 77.5 Å². The Hall–Kier alpha value is -3.53. The van der Waals surface area contributed by atoms with E-state index in [9.17, 15) is 23.6 Å². The van der Waals surface area contributed by atoms with Crippen LogP contribution in [0.25, 0.3) is 0 Å². The summed E-state index contributed by atoms with van der Waals surface area (Å²) in [5.41, 5.74) is 4.04. The lowest BCUT2D eigenvalue weighted by Gasteiger charge is -2.34. The molecule has 0 saturated heterocycles. The highest BCUT2D eigenvalue weighted by Gasteiger charge is 2.43. The Kier molecular flexibility index (Phi) is 10.3. The molecule has 5 atom stereocenters. The minimum Gasteiger partial charge on any atom is -0.369 e. The summed E-state index contributed by atoms with van der Waals surface area (Å²) in [4.78, 5) is 52.8. The van der Waals surface area contributed by atoms with Crippen molar-refractivity contribution in [2.24, 2.45) is 11.8 Å². The number of hydrogen-bond acceptors (Lipinski definition) is 5. The number of alkyl halides is 1. The number of Topliss-reactive ketones (excluding diaryl/α,β-unsaturated/α-hetero) is 1. The number of aromatic nitrogens is 1. The second kappa shape index (κ2) is 13.9. The molecular formula is C31H41FN4O5. The average Bonchev–Trinajstić information content (AvgIpc) is 3.29. The van der Waals surface area contributed by atoms with Crippen LogP contribution in [0, 0.1) is 18.8 Å². The smallest absolute Gasteiger partial charge is 0.246 e. The summed E-state index contributed by atoms with van der Waals surface area (Å²) in [6.45, 7) is 5.36. The number of benzene rings is 1. The predicted octanol–water partition coefficient (Wildman–Crippen LogP) is 2.73. The van der Waals surface area contributed by atoms with E-state index in [0.29, 0.717) is 32.4 Å². The van der Waals surface area contributed by atoms with Crippen molar-refractivity contribution in [3.8, 4) is 0 Å². The predicted molar refractivity (Wildman–Crippen MR) is 152 cm³/mol. The quantitative estimate of drug-likeness (QED) is 0.341. The molecule has 41 heavy (non-hydrogen) atoms. The van der Waals surface area contributed by atoms with Crippen molar-refractivity contribution in [3.05, 3.63) is 58.9 Å².